The number of hydrogen-bond donors (Lipinski definition) is 2. The minimum absolute atomic E-state index is 0.115. The van der Waals surface area contributed by atoms with Gasteiger partial charge in [0.2, 0.25) is 5.91 Å². The third-order valence-electron chi connectivity index (χ3n) is 2.59. The van der Waals surface area contributed by atoms with E-state index in [1.165, 1.54) is 0 Å². The van der Waals surface area contributed by atoms with Crippen molar-refractivity contribution in [3.05, 3.63) is 23.4 Å². The Bertz CT molecular complexity index is 376. The molecular weight excluding hydrogens is 178 g/mol. The smallest absolute Gasteiger partial charge is 0.220 e. The first kappa shape index (κ1) is 8.99. The van der Waals surface area contributed by atoms with Crippen LogP contribution in [-0.2, 0) is 4.79 Å². The number of nitrogens with one attached hydrogen (secondary N) is 1. The maximum Gasteiger partial charge on any atom is 0.220 e. The topological polar surface area (TPSA) is 68.0 Å². The molecule has 1 amide bonds. The molecule has 0 aliphatic carbocycles. The van der Waals surface area contributed by atoms with Crippen LogP contribution in [0.3, 0.4) is 0 Å². The van der Waals surface area contributed by atoms with E-state index in [0.29, 0.717) is 18.8 Å². The fourth-order valence-corrected chi connectivity index (χ4v) is 1.67. The molecular formula is C10H13N3O. The van der Waals surface area contributed by atoms with E-state index >= 15 is 0 Å². The first-order chi connectivity index (χ1) is 6.66. The summed E-state index contributed by atoms with van der Waals surface area (Å²) in [4.78, 5) is 15.1. The van der Waals surface area contributed by atoms with Crippen LogP contribution in [0, 0.1) is 6.92 Å². The van der Waals surface area contributed by atoms with E-state index in [1.807, 2.05) is 13.0 Å². The summed E-state index contributed by atoms with van der Waals surface area (Å²) < 4.78 is 0. The summed E-state index contributed by atoms with van der Waals surface area (Å²) in [6, 6.07) is 2.01. The van der Waals surface area contributed by atoms with Gasteiger partial charge in [0.05, 0.1) is 0 Å². The van der Waals surface area contributed by atoms with E-state index in [1.54, 1.807) is 6.20 Å². The number of aryl methyl sites for hydroxylation is 1. The van der Waals surface area contributed by atoms with Crippen molar-refractivity contribution in [1.29, 1.82) is 0 Å². The van der Waals surface area contributed by atoms with E-state index in [-0.39, 0.29) is 11.8 Å². The molecule has 0 saturated carbocycles. The van der Waals surface area contributed by atoms with Gasteiger partial charge in [-0.15, -0.1) is 0 Å². The number of pyridine rings is 1. The van der Waals surface area contributed by atoms with Crippen LogP contribution in [0.4, 0.5) is 5.82 Å². The lowest BCUT2D eigenvalue weighted by Gasteiger charge is -2.08. The lowest BCUT2D eigenvalue weighted by molar-refractivity contribution is -0.119. The maximum absolute atomic E-state index is 11.0. The second kappa shape index (κ2) is 3.29. The highest BCUT2D eigenvalue weighted by Gasteiger charge is 2.23. The Kier molecular flexibility index (Phi) is 2.11. The first-order valence-electron chi connectivity index (χ1n) is 4.65. The third-order valence-corrected chi connectivity index (χ3v) is 2.59. The van der Waals surface area contributed by atoms with Gasteiger partial charge in [0.15, 0.2) is 0 Å². The summed E-state index contributed by atoms with van der Waals surface area (Å²) in [6.07, 6.45) is 2.32. The Morgan fingerprint density at radius 1 is 1.64 bits per heavy atom. The summed E-state index contributed by atoms with van der Waals surface area (Å²) in [5.41, 5.74) is 7.69. The monoisotopic (exact) mass is 191 g/mol. The Hall–Kier alpha value is -1.58. The van der Waals surface area contributed by atoms with Crippen LogP contribution in [0.15, 0.2) is 12.3 Å². The number of nitrogens with zero attached hydrogens (tertiary/aromatic N) is 1. The zero-order valence-electron chi connectivity index (χ0n) is 8.08. The van der Waals surface area contributed by atoms with Gasteiger partial charge < -0.3 is 11.1 Å². The normalized spacial score (nSPS) is 20.9. The summed E-state index contributed by atoms with van der Waals surface area (Å²) >= 11 is 0. The third kappa shape index (κ3) is 1.55. The van der Waals surface area contributed by atoms with Crippen LogP contribution < -0.4 is 11.1 Å². The van der Waals surface area contributed by atoms with Gasteiger partial charge in [0.1, 0.15) is 5.82 Å². The molecule has 74 valence electrons. The fourth-order valence-electron chi connectivity index (χ4n) is 1.67. The van der Waals surface area contributed by atoms with Crippen molar-refractivity contribution in [3.8, 4) is 0 Å². The van der Waals surface area contributed by atoms with E-state index in [4.69, 9.17) is 5.73 Å². The standard InChI is InChI=1S/C10H13N3O/c1-6-2-7(5-13-10(6)11)8-3-9(14)12-4-8/h2,5,8H,3-4H2,1H3,(H2,11,13)(H,12,14)/t8-/m1/s1. The predicted molar refractivity (Wildman–Crippen MR) is 53.8 cm³/mol. The molecule has 3 N–H and O–H groups in total. The van der Waals surface area contributed by atoms with Crippen molar-refractivity contribution in [2.24, 2.45) is 0 Å². The number of aromatic nitrogens is 1. The SMILES string of the molecule is Cc1cc([C@H]2CNC(=O)C2)cnc1N. The molecule has 0 unspecified atom stereocenters. The van der Waals surface area contributed by atoms with E-state index in [0.717, 1.165) is 11.1 Å². The second-order valence-electron chi connectivity index (χ2n) is 3.68. The van der Waals surface area contributed by atoms with Gasteiger partial charge in [-0.05, 0) is 18.1 Å². The molecule has 0 radical (unpaired) electrons. The molecule has 1 aromatic rings. The number of amides is 1. The maximum atomic E-state index is 11.0. The minimum atomic E-state index is 0.115. The van der Waals surface area contributed by atoms with Gasteiger partial charge in [-0.2, -0.15) is 0 Å². The first-order valence-corrected chi connectivity index (χ1v) is 4.65. The summed E-state index contributed by atoms with van der Waals surface area (Å²) in [6.45, 7) is 2.64. The highest BCUT2D eigenvalue weighted by atomic mass is 16.1. The molecule has 2 heterocycles. The van der Waals surface area contributed by atoms with Crippen LogP contribution >= 0.6 is 0 Å². The lowest BCUT2D eigenvalue weighted by Crippen LogP contribution is -2.13. The predicted octanol–water partition coefficient (Wildman–Crippen LogP) is 0.576. The van der Waals surface area contributed by atoms with Crippen LogP contribution in [0.2, 0.25) is 0 Å². The number of nitrogens with two attached hydrogens (primary N) is 1. The number of anilines is 1. The fraction of sp³-hybridized carbons (Fsp3) is 0.400. The molecule has 1 aliphatic rings. The molecule has 1 fully saturated rings. The van der Waals surface area contributed by atoms with Crippen molar-refractivity contribution >= 4 is 11.7 Å². The average Bonchev–Trinajstić information content (AvgIpc) is 2.57. The van der Waals surface area contributed by atoms with Crippen LogP contribution in [0.1, 0.15) is 23.5 Å². The van der Waals surface area contributed by atoms with Crippen molar-refractivity contribution in [2.75, 3.05) is 12.3 Å². The van der Waals surface area contributed by atoms with E-state index in [9.17, 15) is 4.79 Å². The van der Waals surface area contributed by atoms with Gasteiger partial charge in [-0.1, -0.05) is 6.07 Å². The molecule has 0 aromatic carbocycles. The summed E-state index contributed by atoms with van der Waals surface area (Å²) in [5.74, 6) is 0.935. The van der Waals surface area contributed by atoms with Crippen LogP contribution in [0.25, 0.3) is 0 Å². The number of rotatable bonds is 1. The lowest BCUT2D eigenvalue weighted by atomic mass is 9.99. The molecule has 4 heteroatoms. The molecule has 0 bridgehead atoms. The summed E-state index contributed by atoms with van der Waals surface area (Å²) in [5, 5.41) is 2.80. The summed E-state index contributed by atoms with van der Waals surface area (Å²) in [7, 11) is 0. The molecule has 1 aromatic heterocycles. The van der Waals surface area contributed by atoms with Crippen LogP contribution in [-0.4, -0.2) is 17.4 Å². The van der Waals surface area contributed by atoms with Gasteiger partial charge in [-0.3, -0.25) is 4.79 Å². The molecule has 14 heavy (non-hydrogen) atoms. The number of nitrogen functional groups attached to an aromatic ring is 1. The van der Waals surface area contributed by atoms with Gasteiger partial charge in [0.25, 0.3) is 0 Å². The Labute approximate surface area is 82.5 Å². The quantitative estimate of drug-likeness (QED) is 0.682. The zero-order chi connectivity index (χ0) is 10.1. The molecule has 1 saturated heterocycles. The van der Waals surface area contributed by atoms with Gasteiger partial charge in [0, 0.05) is 25.1 Å². The van der Waals surface area contributed by atoms with Crippen LogP contribution in [0.5, 0.6) is 0 Å². The zero-order valence-corrected chi connectivity index (χ0v) is 8.08. The van der Waals surface area contributed by atoms with Gasteiger partial charge >= 0.3 is 0 Å². The Morgan fingerprint density at radius 2 is 2.43 bits per heavy atom. The van der Waals surface area contributed by atoms with E-state index < -0.39 is 0 Å². The van der Waals surface area contributed by atoms with Crippen molar-refractivity contribution in [3.63, 3.8) is 0 Å². The molecule has 1 atom stereocenters. The average molecular weight is 191 g/mol. The molecule has 1 aliphatic heterocycles. The molecule has 4 nitrogen and oxygen atoms in total. The number of carbonyl (C=O) groups is 1. The number of carbonyl (C=O) groups excluding carboxylic acids is 1. The second-order valence-corrected chi connectivity index (χ2v) is 3.68. The van der Waals surface area contributed by atoms with E-state index in [2.05, 4.69) is 10.3 Å². The van der Waals surface area contributed by atoms with Crippen molar-refractivity contribution in [2.45, 2.75) is 19.3 Å². The molecule has 2 rings (SSSR count). The minimum Gasteiger partial charge on any atom is -0.383 e. The largest absolute Gasteiger partial charge is 0.383 e. The molecule has 0 spiro atoms. The van der Waals surface area contributed by atoms with Gasteiger partial charge in [-0.25, -0.2) is 4.98 Å². The Morgan fingerprint density at radius 3 is 3.00 bits per heavy atom. The highest BCUT2D eigenvalue weighted by molar-refractivity contribution is 5.79. The number of hydrogen-bond acceptors (Lipinski definition) is 3. The van der Waals surface area contributed by atoms with Crippen molar-refractivity contribution in [1.82, 2.24) is 10.3 Å². The highest BCUT2D eigenvalue weighted by Crippen LogP contribution is 2.24. The van der Waals surface area contributed by atoms with Crippen molar-refractivity contribution < 1.29 is 4.79 Å². The Balaban J connectivity index is 2.24.